The van der Waals surface area contributed by atoms with Gasteiger partial charge in [-0.2, -0.15) is 0 Å². The van der Waals surface area contributed by atoms with E-state index in [2.05, 4.69) is 5.32 Å². The van der Waals surface area contributed by atoms with Crippen LogP contribution in [0.25, 0.3) is 0 Å². The molecule has 0 saturated carbocycles. The molecule has 0 bridgehead atoms. The van der Waals surface area contributed by atoms with Crippen LogP contribution in [-0.2, 0) is 9.57 Å². The van der Waals surface area contributed by atoms with Crippen molar-refractivity contribution in [3.8, 4) is 0 Å². The topological polar surface area (TPSA) is 50.8 Å². The lowest BCUT2D eigenvalue weighted by atomic mass is 10.2. The van der Waals surface area contributed by atoms with E-state index in [-0.39, 0.29) is 6.04 Å². The molecule has 0 aromatic carbocycles. The Hall–Kier alpha value is -0.880. The minimum Gasteiger partial charge on any atom is -0.444 e. The third-order valence-corrected chi connectivity index (χ3v) is 2.29. The van der Waals surface area contributed by atoms with E-state index in [4.69, 9.17) is 21.8 Å². The molecule has 1 fully saturated rings. The molecule has 1 atom stereocenters. The maximum Gasteiger partial charge on any atom is 0.408 e. The molecule has 1 saturated heterocycles. The number of hydrogen-bond donors (Lipinski definition) is 1. The van der Waals surface area contributed by atoms with Crippen LogP contribution < -0.4 is 5.32 Å². The van der Waals surface area contributed by atoms with E-state index in [1.54, 1.807) is 0 Å². The second-order valence-electron chi connectivity index (χ2n) is 4.28. The number of hydrogen-bond acceptors (Lipinski definition) is 4. The van der Waals surface area contributed by atoms with Crippen molar-refractivity contribution < 1.29 is 14.4 Å². The molecule has 1 aliphatic rings. The van der Waals surface area contributed by atoms with Gasteiger partial charge in [-0.15, -0.1) is 0 Å². The van der Waals surface area contributed by atoms with Crippen LogP contribution in [0.2, 0.25) is 0 Å². The second-order valence-corrected chi connectivity index (χ2v) is 4.70. The van der Waals surface area contributed by atoms with Crippen LogP contribution in [0.15, 0.2) is 0 Å². The fraction of sp³-hybridized carbons (Fsp3) is 0.778. The van der Waals surface area contributed by atoms with E-state index < -0.39 is 11.7 Å². The number of nitrogens with one attached hydrogen (secondary N) is 1. The average Bonchev–Trinajstić information content (AvgIpc) is 2.08. The Morgan fingerprint density at radius 3 is 2.60 bits per heavy atom. The van der Waals surface area contributed by atoms with Crippen molar-refractivity contribution in [2.24, 2.45) is 0 Å². The lowest BCUT2D eigenvalue weighted by molar-refractivity contribution is -0.0929. The van der Waals surface area contributed by atoms with Crippen LogP contribution in [0.3, 0.4) is 0 Å². The summed E-state index contributed by atoms with van der Waals surface area (Å²) < 4.78 is 5.09. The van der Waals surface area contributed by atoms with Gasteiger partial charge in [0.15, 0.2) is 0 Å². The maximum absolute atomic E-state index is 11.4. The molecular formula is C9H16N2O3S. The van der Waals surface area contributed by atoms with Crippen molar-refractivity contribution in [3.63, 3.8) is 0 Å². The van der Waals surface area contributed by atoms with E-state index >= 15 is 0 Å². The minimum absolute atomic E-state index is 0.158. The Balaban J connectivity index is 2.32. The van der Waals surface area contributed by atoms with Crippen molar-refractivity contribution in [2.75, 3.05) is 13.7 Å². The summed E-state index contributed by atoms with van der Waals surface area (Å²) in [5, 5.41) is 4.20. The number of hydroxylamine groups is 2. The van der Waals surface area contributed by atoms with Crippen LogP contribution >= 0.6 is 12.2 Å². The van der Waals surface area contributed by atoms with Crippen LogP contribution in [0.1, 0.15) is 20.8 Å². The third kappa shape index (κ3) is 3.32. The highest BCUT2D eigenvalue weighted by molar-refractivity contribution is 7.80. The van der Waals surface area contributed by atoms with Crippen molar-refractivity contribution in [1.82, 2.24) is 10.4 Å². The number of rotatable bonds is 2. The van der Waals surface area contributed by atoms with Crippen LogP contribution in [-0.4, -0.2) is 41.4 Å². The first-order chi connectivity index (χ1) is 6.83. The molecule has 1 N–H and O–H groups in total. The Labute approximate surface area is 94.7 Å². The highest BCUT2D eigenvalue weighted by Crippen LogP contribution is 2.13. The lowest BCUT2D eigenvalue weighted by Gasteiger charge is -2.39. The van der Waals surface area contributed by atoms with Gasteiger partial charge in [0, 0.05) is 0 Å². The smallest absolute Gasteiger partial charge is 0.408 e. The van der Waals surface area contributed by atoms with Crippen molar-refractivity contribution in [3.05, 3.63) is 0 Å². The third-order valence-electron chi connectivity index (χ3n) is 1.80. The molecule has 0 aliphatic carbocycles. The van der Waals surface area contributed by atoms with E-state index in [0.717, 1.165) is 0 Å². The van der Waals surface area contributed by atoms with Gasteiger partial charge >= 0.3 is 6.09 Å². The highest BCUT2D eigenvalue weighted by atomic mass is 32.1. The molecule has 15 heavy (non-hydrogen) atoms. The van der Waals surface area contributed by atoms with Gasteiger partial charge in [-0.3, -0.25) is 4.84 Å². The monoisotopic (exact) mass is 232 g/mol. The standard InChI is InChI=1S/C9H16N2O3S/c1-9(2,3)14-8(12)10-6-5-11(13-4)7(6)15/h6H,5H2,1-4H3,(H,10,12)/t6-/m0/s1. The molecule has 0 aromatic rings. The predicted molar refractivity (Wildman–Crippen MR) is 59.5 cm³/mol. The van der Waals surface area contributed by atoms with Gasteiger partial charge in [-0.05, 0) is 20.8 Å². The zero-order chi connectivity index (χ0) is 11.6. The van der Waals surface area contributed by atoms with E-state index in [0.29, 0.717) is 11.5 Å². The summed E-state index contributed by atoms with van der Waals surface area (Å²) in [7, 11) is 1.54. The van der Waals surface area contributed by atoms with Gasteiger partial charge in [0.25, 0.3) is 0 Å². The van der Waals surface area contributed by atoms with Gasteiger partial charge in [0.2, 0.25) is 0 Å². The van der Waals surface area contributed by atoms with Gasteiger partial charge in [0.1, 0.15) is 16.6 Å². The summed E-state index contributed by atoms with van der Waals surface area (Å²) in [5.41, 5.74) is -0.490. The summed E-state index contributed by atoms with van der Waals surface area (Å²) in [4.78, 5) is 16.8. The predicted octanol–water partition coefficient (Wildman–Crippen LogP) is 1.08. The quantitative estimate of drug-likeness (QED) is 0.722. The van der Waals surface area contributed by atoms with Gasteiger partial charge in [0.05, 0.1) is 13.7 Å². The minimum atomic E-state index is -0.490. The number of alkyl carbamates (subject to hydrolysis) is 1. The van der Waals surface area contributed by atoms with Crippen LogP contribution in [0, 0.1) is 0 Å². The molecule has 0 spiro atoms. The Morgan fingerprint density at radius 2 is 2.20 bits per heavy atom. The van der Waals surface area contributed by atoms with Gasteiger partial charge < -0.3 is 10.1 Å². The number of carbonyl (C=O) groups is 1. The zero-order valence-corrected chi connectivity index (χ0v) is 10.2. The molecule has 0 unspecified atom stereocenters. The normalized spacial score (nSPS) is 20.9. The van der Waals surface area contributed by atoms with Gasteiger partial charge in [-0.25, -0.2) is 9.86 Å². The molecule has 1 rings (SSSR count). The maximum atomic E-state index is 11.4. The molecule has 1 amide bonds. The molecular weight excluding hydrogens is 216 g/mol. The van der Waals surface area contributed by atoms with E-state index in [1.807, 2.05) is 20.8 Å². The van der Waals surface area contributed by atoms with Gasteiger partial charge in [-0.1, -0.05) is 12.2 Å². The molecule has 6 heteroatoms. The number of carbonyl (C=O) groups excluding carboxylic acids is 1. The highest BCUT2D eigenvalue weighted by Gasteiger charge is 2.35. The molecule has 86 valence electrons. The van der Waals surface area contributed by atoms with Crippen LogP contribution in [0.4, 0.5) is 4.79 Å². The Morgan fingerprint density at radius 1 is 1.60 bits per heavy atom. The molecule has 5 nitrogen and oxygen atoms in total. The fourth-order valence-electron chi connectivity index (χ4n) is 1.12. The fourth-order valence-corrected chi connectivity index (χ4v) is 1.40. The van der Waals surface area contributed by atoms with Crippen molar-refractivity contribution >= 4 is 23.3 Å². The summed E-state index contributed by atoms with van der Waals surface area (Å²) in [6.07, 6.45) is -0.453. The second kappa shape index (κ2) is 4.32. The molecule has 0 radical (unpaired) electrons. The first kappa shape index (κ1) is 12.2. The molecule has 1 aliphatic heterocycles. The Bertz CT molecular complexity index is 275. The first-order valence-electron chi connectivity index (χ1n) is 4.68. The van der Waals surface area contributed by atoms with Crippen LogP contribution in [0.5, 0.6) is 0 Å². The van der Waals surface area contributed by atoms with Crippen molar-refractivity contribution in [2.45, 2.75) is 32.4 Å². The summed E-state index contributed by atoms with van der Waals surface area (Å²) in [6.45, 7) is 6.00. The summed E-state index contributed by atoms with van der Waals surface area (Å²) in [6, 6.07) is -0.158. The van der Waals surface area contributed by atoms with E-state index in [1.165, 1.54) is 12.2 Å². The summed E-state index contributed by atoms with van der Waals surface area (Å²) >= 11 is 5.02. The molecule has 1 heterocycles. The molecule has 0 aromatic heterocycles. The van der Waals surface area contributed by atoms with E-state index in [9.17, 15) is 4.79 Å². The Kier molecular flexibility index (Phi) is 3.51. The number of nitrogens with zero attached hydrogens (tertiary/aromatic N) is 1. The number of amides is 1. The largest absolute Gasteiger partial charge is 0.444 e. The number of ether oxygens (including phenoxy) is 1. The zero-order valence-electron chi connectivity index (χ0n) is 9.36. The SMILES string of the molecule is CON1C[C@H](NC(=O)OC(C)(C)C)C1=S. The number of thiocarbonyl (C=S) groups is 1. The first-order valence-corrected chi connectivity index (χ1v) is 5.09. The summed E-state index contributed by atoms with van der Waals surface area (Å²) in [5.74, 6) is 0. The average molecular weight is 232 g/mol. The van der Waals surface area contributed by atoms with Crippen molar-refractivity contribution in [1.29, 1.82) is 0 Å². The lowest BCUT2D eigenvalue weighted by Crippen LogP contribution is -2.62.